The molecule has 0 aliphatic carbocycles. The SMILES string of the molecule is CCN(N1CCN(C)CC1)S(=O)(=O)N1CCCCC1. The number of rotatable bonds is 4. The Morgan fingerprint density at radius 2 is 1.53 bits per heavy atom. The average Bonchev–Trinajstić information content (AvgIpc) is 2.42. The Morgan fingerprint density at radius 1 is 0.947 bits per heavy atom. The molecule has 2 heterocycles. The Balaban J connectivity index is 2.06. The van der Waals surface area contributed by atoms with E-state index < -0.39 is 10.2 Å². The van der Waals surface area contributed by atoms with Gasteiger partial charge in [0.2, 0.25) is 0 Å². The number of hydrogen-bond donors (Lipinski definition) is 0. The van der Waals surface area contributed by atoms with Gasteiger partial charge in [0.15, 0.2) is 0 Å². The summed E-state index contributed by atoms with van der Waals surface area (Å²) in [6, 6.07) is 0. The summed E-state index contributed by atoms with van der Waals surface area (Å²) in [6.45, 7) is 7.20. The molecular weight excluding hydrogens is 264 g/mol. The summed E-state index contributed by atoms with van der Waals surface area (Å²) in [7, 11) is -1.24. The summed E-state index contributed by atoms with van der Waals surface area (Å²) in [5.74, 6) is 0. The first-order chi connectivity index (χ1) is 9.05. The Labute approximate surface area is 117 Å². The lowest BCUT2D eigenvalue weighted by Gasteiger charge is -2.41. The van der Waals surface area contributed by atoms with E-state index in [0.717, 1.165) is 45.4 Å². The van der Waals surface area contributed by atoms with Crippen molar-refractivity contribution >= 4 is 10.2 Å². The summed E-state index contributed by atoms with van der Waals surface area (Å²) in [4.78, 5) is 2.23. The summed E-state index contributed by atoms with van der Waals surface area (Å²) >= 11 is 0. The highest BCUT2D eigenvalue weighted by Crippen LogP contribution is 2.18. The molecular formula is C12H26N4O2S. The zero-order valence-electron chi connectivity index (χ0n) is 12.1. The van der Waals surface area contributed by atoms with E-state index >= 15 is 0 Å². The van der Waals surface area contributed by atoms with Crippen LogP contribution in [0.25, 0.3) is 0 Å². The first-order valence-electron chi connectivity index (χ1n) is 7.27. The number of nitrogens with zero attached hydrogens (tertiary/aromatic N) is 4. The minimum absolute atomic E-state index is 0.516. The van der Waals surface area contributed by atoms with Crippen LogP contribution in [-0.2, 0) is 10.2 Å². The van der Waals surface area contributed by atoms with E-state index in [1.807, 2.05) is 11.9 Å². The average molecular weight is 290 g/mol. The topological polar surface area (TPSA) is 47.1 Å². The van der Waals surface area contributed by atoms with Crippen molar-refractivity contribution in [2.24, 2.45) is 0 Å². The predicted molar refractivity (Wildman–Crippen MR) is 75.8 cm³/mol. The molecule has 0 saturated carbocycles. The largest absolute Gasteiger partial charge is 0.304 e. The van der Waals surface area contributed by atoms with E-state index in [-0.39, 0.29) is 0 Å². The summed E-state index contributed by atoms with van der Waals surface area (Å²) < 4.78 is 28.6. The number of likely N-dealkylation sites (N-methyl/N-ethyl adjacent to an activating group) is 1. The normalized spacial score (nSPS) is 25.0. The Kier molecular flexibility index (Phi) is 5.19. The van der Waals surface area contributed by atoms with Gasteiger partial charge in [-0.15, -0.1) is 4.41 Å². The van der Waals surface area contributed by atoms with E-state index in [2.05, 4.69) is 11.9 Å². The maximum absolute atomic E-state index is 12.7. The van der Waals surface area contributed by atoms with Crippen LogP contribution >= 0.6 is 0 Å². The molecule has 0 aromatic heterocycles. The van der Waals surface area contributed by atoms with E-state index in [1.165, 1.54) is 0 Å². The standard InChI is InChI=1S/C12H26N4O2S/c1-3-16(14-11-9-13(2)10-12-14)19(17,18)15-7-5-4-6-8-15/h3-12H2,1-2H3. The van der Waals surface area contributed by atoms with Crippen molar-refractivity contribution in [2.45, 2.75) is 26.2 Å². The van der Waals surface area contributed by atoms with E-state index in [4.69, 9.17) is 0 Å². The third-order valence-electron chi connectivity index (χ3n) is 3.97. The third-order valence-corrected chi connectivity index (χ3v) is 6.01. The molecule has 0 N–H and O–H groups in total. The second-order valence-corrected chi connectivity index (χ2v) is 7.20. The van der Waals surface area contributed by atoms with Gasteiger partial charge in [-0.05, 0) is 26.8 Å². The molecule has 7 heteroatoms. The highest BCUT2D eigenvalue weighted by Gasteiger charge is 2.34. The van der Waals surface area contributed by atoms with Crippen LogP contribution in [0.15, 0.2) is 0 Å². The summed E-state index contributed by atoms with van der Waals surface area (Å²) in [5.41, 5.74) is 0. The fourth-order valence-corrected chi connectivity index (χ4v) is 4.52. The van der Waals surface area contributed by atoms with Gasteiger partial charge in [0.05, 0.1) is 0 Å². The predicted octanol–water partition coefficient (Wildman–Crippen LogP) is 0.201. The van der Waals surface area contributed by atoms with Crippen LogP contribution in [0.1, 0.15) is 26.2 Å². The lowest BCUT2D eigenvalue weighted by molar-refractivity contribution is 0.0125. The van der Waals surface area contributed by atoms with Crippen molar-refractivity contribution < 1.29 is 8.42 Å². The maximum Gasteiger partial charge on any atom is 0.295 e. The van der Waals surface area contributed by atoms with Gasteiger partial charge >= 0.3 is 0 Å². The Morgan fingerprint density at radius 3 is 2.05 bits per heavy atom. The van der Waals surface area contributed by atoms with Crippen LogP contribution in [0.5, 0.6) is 0 Å². The monoisotopic (exact) mass is 290 g/mol. The molecule has 0 atom stereocenters. The fraction of sp³-hybridized carbons (Fsp3) is 1.00. The number of hydrogen-bond acceptors (Lipinski definition) is 4. The molecule has 0 spiro atoms. The second kappa shape index (κ2) is 6.49. The van der Waals surface area contributed by atoms with Gasteiger partial charge in [-0.25, -0.2) is 5.01 Å². The van der Waals surface area contributed by atoms with Crippen molar-refractivity contribution in [3.8, 4) is 0 Å². The van der Waals surface area contributed by atoms with Gasteiger partial charge in [-0.2, -0.15) is 12.7 Å². The molecule has 6 nitrogen and oxygen atoms in total. The molecule has 0 amide bonds. The fourth-order valence-electron chi connectivity index (χ4n) is 2.76. The molecule has 2 rings (SSSR count). The third kappa shape index (κ3) is 3.46. The van der Waals surface area contributed by atoms with Crippen molar-refractivity contribution in [3.05, 3.63) is 0 Å². The molecule has 2 fully saturated rings. The van der Waals surface area contributed by atoms with E-state index in [1.54, 1.807) is 8.72 Å². The zero-order chi connectivity index (χ0) is 13.9. The van der Waals surface area contributed by atoms with Crippen LogP contribution in [-0.4, -0.2) is 79.9 Å². The Bertz CT molecular complexity index is 373. The van der Waals surface area contributed by atoms with Crippen molar-refractivity contribution in [3.63, 3.8) is 0 Å². The first-order valence-corrected chi connectivity index (χ1v) is 8.66. The zero-order valence-corrected chi connectivity index (χ0v) is 12.9. The second-order valence-electron chi connectivity index (χ2n) is 5.36. The first kappa shape index (κ1) is 15.2. The molecule has 2 aliphatic rings. The summed E-state index contributed by atoms with van der Waals surface area (Å²) in [6.07, 6.45) is 3.12. The maximum atomic E-state index is 12.7. The highest BCUT2D eigenvalue weighted by atomic mass is 32.2. The van der Waals surface area contributed by atoms with Crippen LogP contribution in [0.3, 0.4) is 0 Å². The van der Waals surface area contributed by atoms with Crippen molar-refractivity contribution in [1.29, 1.82) is 0 Å². The molecule has 2 saturated heterocycles. The molecule has 112 valence electrons. The van der Waals surface area contributed by atoms with Gasteiger partial charge in [0, 0.05) is 45.8 Å². The number of piperazine rings is 1. The number of hydrazine groups is 1. The summed E-state index contributed by atoms with van der Waals surface area (Å²) in [5, 5.41) is 1.99. The Hall–Kier alpha value is -0.210. The molecule has 0 aromatic carbocycles. The van der Waals surface area contributed by atoms with Crippen LogP contribution in [0.2, 0.25) is 0 Å². The van der Waals surface area contributed by atoms with Crippen molar-refractivity contribution in [1.82, 2.24) is 18.6 Å². The molecule has 2 aliphatic heterocycles. The van der Waals surface area contributed by atoms with Gasteiger partial charge in [-0.1, -0.05) is 6.42 Å². The van der Waals surface area contributed by atoms with Crippen LogP contribution < -0.4 is 0 Å². The van der Waals surface area contributed by atoms with Gasteiger partial charge in [-0.3, -0.25) is 0 Å². The number of piperidine rings is 1. The van der Waals surface area contributed by atoms with Crippen LogP contribution in [0.4, 0.5) is 0 Å². The van der Waals surface area contributed by atoms with Crippen molar-refractivity contribution in [2.75, 3.05) is 52.9 Å². The smallest absolute Gasteiger partial charge is 0.295 e. The van der Waals surface area contributed by atoms with Crippen LogP contribution in [0, 0.1) is 0 Å². The van der Waals surface area contributed by atoms with E-state index in [0.29, 0.717) is 19.6 Å². The van der Waals surface area contributed by atoms with Gasteiger partial charge in [0.25, 0.3) is 10.2 Å². The van der Waals surface area contributed by atoms with Gasteiger partial charge < -0.3 is 4.90 Å². The molecule has 0 bridgehead atoms. The van der Waals surface area contributed by atoms with Gasteiger partial charge in [0.1, 0.15) is 0 Å². The lowest BCUT2D eigenvalue weighted by atomic mass is 10.2. The molecule has 0 radical (unpaired) electrons. The van der Waals surface area contributed by atoms with E-state index in [9.17, 15) is 8.42 Å². The lowest BCUT2D eigenvalue weighted by Crippen LogP contribution is -2.58. The quantitative estimate of drug-likeness (QED) is 0.742. The molecule has 0 aromatic rings. The molecule has 19 heavy (non-hydrogen) atoms. The minimum atomic E-state index is -3.32. The highest BCUT2D eigenvalue weighted by molar-refractivity contribution is 7.86. The minimum Gasteiger partial charge on any atom is -0.304 e. The molecule has 0 unspecified atom stereocenters.